The molecule has 3 rings (SSSR count). The third-order valence-electron chi connectivity index (χ3n) is 4.09. The summed E-state index contributed by atoms with van der Waals surface area (Å²) in [5.74, 6) is 0.0651. The first kappa shape index (κ1) is 17.9. The number of benzene rings is 1. The lowest BCUT2D eigenvalue weighted by atomic mass is 10.1. The van der Waals surface area contributed by atoms with E-state index in [9.17, 15) is 9.59 Å². The van der Waals surface area contributed by atoms with Crippen molar-refractivity contribution in [1.82, 2.24) is 9.88 Å². The summed E-state index contributed by atoms with van der Waals surface area (Å²) in [4.78, 5) is 32.1. The number of anilines is 1. The van der Waals surface area contributed by atoms with Gasteiger partial charge in [0.1, 0.15) is 12.3 Å². The van der Waals surface area contributed by atoms with E-state index in [4.69, 9.17) is 10.00 Å². The van der Waals surface area contributed by atoms with Gasteiger partial charge in [-0.1, -0.05) is 0 Å². The summed E-state index contributed by atoms with van der Waals surface area (Å²) in [6.45, 7) is 2.08. The van der Waals surface area contributed by atoms with Crippen molar-refractivity contribution in [3.8, 4) is 23.1 Å². The Morgan fingerprint density at radius 1 is 1.50 bits per heavy atom. The van der Waals surface area contributed by atoms with Crippen molar-refractivity contribution < 1.29 is 14.3 Å². The van der Waals surface area contributed by atoms with Crippen molar-refractivity contribution in [1.29, 1.82) is 5.26 Å². The molecule has 2 aromatic rings. The van der Waals surface area contributed by atoms with Crippen LogP contribution in [0.5, 0.6) is 5.75 Å². The molecule has 2 amide bonds. The molecule has 134 valence electrons. The number of nitriles is 1. The standard InChI is InChI=1S/C18H18N4O3S/c1-12-20-14(11-26-12)13-4-5-16-15(8-13)22(18(24)10-25-16)9-17(23)21(2)7-3-6-19/h4-5,8,11H,3,7,9-10H2,1-2H3. The fraction of sp³-hybridized carbons (Fsp3) is 0.333. The number of ether oxygens (including phenoxy) is 1. The van der Waals surface area contributed by atoms with E-state index in [0.717, 1.165) is 16.3 Å². The second-order valence-corrected chi connectivity index (χ2v) is 6.99. The molecule has 2 heterocycles. The molecule has 0 bridgehead atoms. The molecular formula is C18H18N4O3S. The largest absolute Gasteiger partial charge is 0.482 e. The number of aryl methyl sites for hydroxylation is 1. The fourth-order valence-electron chi connectivity index (χ4n) is 2.63. The summed E-state index contributed by atoms with van der Waals surface area (Å²) in [5, 5.41) is 11.6. The van der Waals surface area contributed by atoms with Crippen LogP contribution in [-0.4, -0.2) is 48.4 Å². The summed E-state index contributed by atoms with van der Waals surface area (Å²) in [6.07, 6.45) is 0.253. The molecule has 8 heteroatoms. The van der Waals surface area contributed by atoms with Crippen LogP contribution in [0.3, 0.4) is 0 Å². The molecule has 7 nitrogen and oxygen atoms in total. The van der Waals surface area contributed by atoms with E-state index in [1.165, 1.54) is 9.80 Å². The molecule has 0 saturated carbocycles. The third kappa shape index (κ3) is 3.68. The molecular weight excluding hydrogens is 352 g/mol. The van der Waals surface area contributed by atoms with Crippen molar-refractivity contribution >= 4 is 28.8 Å². The number of carbonyl (C=O) groups is 2. The number of carbonyl (C=O) groups excluding carboxylic acids is 2. The summed E-state index contributed by atoms with van der Waals surface area (Å²) >= 11 is 1.55. The van der Waals surface area contributed by atoms with Crippen LogP contribution in [0.1, 0.15) is 11.4 Å². The maximum absolute atomic E-state index is 12.4. The number of thiazole rings is 1. The lowest BCUT2D eigenvalue weighted by molar-refractivity contribution is -0.130. The molecule has 0 N–H and O–H groups in total. The normalized spacial score (nSPS) is 13.0. The number of hydrogen-bond donors (Lipinski definition) is 0. The van der Waals surface area contributed by atoms with E-state index in [0.29, 0.717) is 18.0 Å². The predicted octanol–water partition coefficient (Wildman–Crippen LogP) is 2.22. The van der Waals surface area contributed by atoms with Crippen LogP contribution < -0.4 is 9.64 Å². The molecule has 1 aromatic heterocycles. The zero-order valence-corrected chi connectivity index (χ0v) is 15.4. The lowest BCUT2D eigenvalue weighted by Crippen LogP contribution is -2.45. The average Bonchev–Trinajstić information content (AvgIpc) is 3.07. The maximum Gasteiger partial charge on any atom is 0.265 e. The summed E-state index contributed by atoms with van der Waals surface area (Å²) in [6, 6.07) is 7.52. The van der Waals surface area contributed by atoms with Gasteiger partial charge in [-0.3, -0.25) is 14.5 Å². The molecule has 0 saturated heterocycles. The van der Waals surface area contributed by atoms with Gasteiger partial charge in [0.2, 0.25) is 5.91 Å². The molecule has 0 radical (unpaired) electrons. The third-order valence-corrected chi connectivity index (χ3v) is 4.87. The topological polar surface area (TPSA) is 86.5 Å². The van der Waals surface area contributed by atoms with Gasteiger partial charge in [0.05, 0.1) is 28.9 Å². The second kappa shape index (κ2) is 7.54. The Labute approximate surface area is 155 Å². The Hall–Kier alpha value is -2.92. The molecule has 0 fully saturated rings. The Balaban J connectivity index is 1.87. The maximum atomic E-state index is 12.4. The van der Waals surface area contributed by atoms with Gasteiger partial charge in [0.25, 0.3) is 5.91 Å². The van der Waals surface area contributed by atoms with E-state index in [1.807, 2.05) is 30.5 Å². The van der Waals surface area contributed by atoms with Gasteiger partial charge < -0.3 is 9.64 Å². The van der Waals surface area contributed by atoms with Crippen molar-refractivity contribution in [2.75, 3.05) is 31.6 Å². The van der Waals surface area contributed by atoms with E-state index in [2.05, 4.69) is 4.98 Å². The number of likely N-dealkylation sites (N-methyl/N-ethyl adjacent to an activating group) is 1. The highest BCUT2D eigenvalue weighted by Gasteiger charge is 2.28. The van der Waals surface area contributed by atoms with Crippen molar-refractivity contribution in [2.24, 2.45) is 0 Å². The quantitative estimate of drug-likeness (QED) is 0.805. The Morgan fingerprint density at radius 3 is 3.00 bits per heavy atom. The predicted molar refractivity (Wildman–Crippen MR) is 98.0 cm³/mol. The highest BCUT2D eigenvalue weighted by molar-refractivity contribution is 7.09. The number of amides is 2. The lowest BCUT2D eigenvalue weighted by Gasteiger charge is -2.30. The van der Waals surface area contributed by atoms with Crippen molar-refractivity contribution in [3.05, 3.63) is 28.6 Å². The van der Waals surface area contributed by atoms with Crippen LogP contribution in [0.2, 0.25) is 0 Å². The van der Waals surface area contributed by atoms with Gasteiger partial charge in [-0.2, -0.15) is 5.26 Å². The fourth-order valence-corrected chi connectivity index (χ4v) is 3.25. The Kier molecular flexibility index (Phi) is 5.19. The highest BCUT2D eigenvalue weighted by atomic mass is 32.1. The minimum atomic E-state index is -0.272. The molecule has 26 heavy (non-hydrogen) atoms. The van der Waals surface area contributed by atoms with Crippen LogP contribution in [0.4, 0.5) is 5.69 Å². The molecule has 1 aromatic carbocycles. The minimum absolute atomic E-state index is 0.0866. The van der Waals surface area contributed by atoms with E-state index >= 15 is 0 Å². The molecule has 1 aliphatic rings. The van der Waals surface area contributed by atoms with Gasteiger partial charge in [-0.25, -0.2) is 4.98 Å². The smallest absolute Gasteiger partial charge is 0.265 e. The van der Waals surface area contributed by atoms with Crippen LogP contribution in [0.25, 0.3) is 11.3 Å². The zero-order valence-electron chi connectivity index (χ0n) is 14.6. The number of aromatic nitrogens is 1. The van der Waals surface area contributed by atoms with Gasteiger partial charge in [0, 0.05) is 24.5 Å². The zero-order chi connectivity index (χ0) is 18.7. The van der Waals surface area contributed by atoms with Gasteiger partial charge >= 0.3 is 0 Å². The number of hydrogen-bond acceptors (Lipinski definition) is 6. The summed E-state index contributed by atoms with van der Waals surface area (Å²) in [5.41, 5.74) is 2.25. The highest BCUT2D eigenvalue weighted by Crippen LogP contribution is 2.36. The minimum Gasteiger partial charge on any atom is -0.482 e. The molecule has 0 aliphatic carbocycles. The van der Waals surface area contributed by atoms with E-state index in [1.54, 1.807) is 24.5 Å². The van der Waals surface area contributed by atoms with Gasteiger partial charge in [0.15, 0.2) is 6.61 Å². The molecule has 0 atom stereocenters. The summed E-state index contributed by atoms with van der Waals surface area (Å²) in [7, 11) is 1.62. The summed E-state index contributed by atoms with van der Waals surface area (Å²) < 4.78 is 5.49. The monoisotopic (exact) mass is 370 g/mol. The first-order chi connectivity index (χ1) is 12.5. The second-order valence-electron chi connectivity index (χ2n) is 5.93. The van der Waals surface area contributed by atoms with Gasteiger partial charge in [-0.15, -0.1) is 11.3 Å². The van der Waals surface area contributed by atoms with Crippen LogP contribution >= 0.6 is 11.3 Å². The number of rotatable bonds is 5. The number of nitrogens with zero attached hydrogens (tertiary/aromatic N) is 4. The Morgan fingerprint density at radius 2 is 2.31 bits per heavy atom. The van der Waals surface area contributed by atoms with Crippen molar-refractivity contribution in [2.45, 2.75) is 13.3 Å². The van der Waals surface area contributed by atoms with Crippen LogP contribution in [0.15, 0.2) is 23.6 Å². The average molecular weight is 370 g/mol. The van der Waals surface area contributed by atoms with Crippen LogP contribution in [-0.2, 0) is 9.59 Å². The van der Waals surface area contributed by atoms with E-state index < -0.39 is 0 Å². The first-order valence-corrected chi connectivity index (χ1v) is 8.98. The van der Waals surface area contributed by atoms with Gasteiger partial charge in [-0.05, 0) is 25.1 Å². The van der Waals surface area contributed by atoms with Crippen molar-refractivity contribution in [3.63, 3.8) is 0 Å². The van der Waals surface area contributed by atoms with E-state index in [-0.39, 0.29) is 31.4 Å². The number of fused-ring (bicyclic) bond motifs is 1. The Bertz CT molecular complexity index is 887. The first-order valence-electron chi connectivity index (χ1n) is 8.10. The molecule has 0 unspecified atom stereocenters. The SMILES string of the molecule is Cc1nc(-c2ccc3c(c2)N(CC(=O)N(C)CCC#N)C(=O)CO3)cs1. The molecule has 0 spiro atoms. The molecule has 1 aliphatic heterocycles. The van der Waals surface area contributed by atoms with Crippen LogP contribution in [0, 0.1) is 18.3 Å².